The predicted molar refractivity (Wildman–Crippen MR) is 155 cm³/mol. The molecule has 0 spiro atoms. The normalized spacial score (nSPS) is 14.0. The van der Waals surface area contributed by atoms with Crippen molar-refractivity contribution in [3.63, 3.8) is 0 Å². The van der Waals surface area contributed by atoms with Gasteiger partial charge in [0.25, 0.3) is 17.7 Å². The van der Waals surface area contributed by atoms with E-state index in [2.05, 4.69) is 26.7 Å². The molecular weight excluding hydrogens is 614 g/mol. The van der Waals surface area contributed by atoms with E-state index in [1.54, 1.807) is 72.8 Å². The molecule has 0 aliphatic carbocycles. The van der Waals surface area contributed by atoms with Crippen molar-refractivity contribution in [2.24, 2.45) is 0 Å². The van der Waals surface area contributed by atoms with Crippen molar-refractivity contribution in [3.8, 4) is 11.5 Å². The third-order valence-electron chi connectivity index (χ3n) is 5.09. The summed E-state index contributed by atoms with van der Waals surface area (Å²) in [4.78, 5) is 38.0. The third-order valence-corrected chi connectivity index (χ3v) is 7.63. The van der Waals surface area contributed by atoms with Crippen LogP contribution in [0.3, 0.4) is 0 Å². The fourth-order valence-electron chi connectivity index (χ4n) is 3.28. The number of halogens is 2. The molecule has 1 aliphatic heterocycles. The lowest BCUT2D eigenvalue weighted by molar-refractivity contribution is -0.123. The predicted octanol–water partition coefficient (Wildman–Crippen LogP) is 5.67. The molecule has 3 aromatic carbocycles. The summed E-state index contributed by atoms with van der Waals surface area (Å²) < 4.78 is 12.0. The molecular formula is C26H19BrClN3O5S2. The van der Waals surface area contributed by atoms with Crippen molar-refractivity contribution in [1.82, 2.24) is 10.4 Å². The average Bonchev–Trinajstić information content (AvgIpc) is 3.17. The Morgan fingerprint density at radius 3 is 2.58 bits per heavy atom. The maximum absolute atomic E-state index is 12.9. The average molecular weight is 633 g/mol. The lowest BCUT2D eigenvalue weighted by Crippen LogP contribution is -2.44. The number of hydrogen-bond donors (Lipinski definition) is 2. The summed E-state index contributed by atoms with van der Waals surface area (Å²) in [5.74, 6) is -0.565. The molecule has 194 valence electrons. The number of nitrogens with one attached hydrogen (secondary N) is 2. The van der Waals surface area contributed by atoms with Crippen molar-refractivity contribution in [2.45, 2.75) is 0 Å². The summed E-state index contributed by atoms with van der Waals surface area (Å²) in [7, 11) is 1.47. The number of carbonyl (C=O) groups is 3. The standard InChI is InChI=1S/C26H19BrClN3O5S2/c1-35-21-11-15(7-10-20(21)36-14-23(32)29-17-8-9-18(27)19(28)13-17)12-22-25(34)31(26(37)38-22)30-24(33)16-5-3-2-4-6-16/h2-13H,14H2,1H3,(H,29,32)(H,30,33)/b22-12-. The number of carbonyl (C=O) groups excluding carboxylic acids is 3. The molecule has 0 radical (unpaired) electrons. The maximum Gasteiger partial charge on any atom is 0.285 e. The molecule has 0 aromatic heterocycles. The van der Waals surface area contributed by atoms with E-state index in [0.29, 0.717) is 38.2 Å². The fourth-order valence-corrected chi connectivity index (χ4v) is 4.89. The van der Waals surface area contributed by atoms with Crippen LogP contribution in [0.5, 0.6) is 11.5 Å². The van der Waals surface area contributed by atoms with Gasteiger partial charge in [0, 0.05) is 15.7 Å². The number of nitrogens with zero attached hydrogens (tertiary/aromatic N) is 1. The first-order valence-electron chi connectivity index (χ1n) is 10.9. The number of hydrazine groups is 1. The molecule has 12 heteroatoms. The fraction of sp³-hybridized carbons (Fsp3) is 0.0769. The molecule has 3 amide bonds. The van der Waals surface area contributed by atoms with Gasteiger partial charge >= 0.3 is 0 Å². The molecule has 0 unspecified atom stereocenters. The van der Waals surface area contributed by atoms with Gasteiger partial charge in [-0.2, -0.15) is 5.01 Å². The van der Waals surface area contributed by atoms with Crippen LogP contribution in [0, 0.1) is 0 Å². The zero-order valence-electron chi connectivity index (χ0n) is 19.7. The highest BCUT2D eigenvalue weighted by atomic mass is 79.9. The Labute approximate surface area is 241 Å². The van der Waals surface area contributed by atoms with Gasteiger partial charge in [-0.05, 0) is 82.3 Å². The second kappa shape index (κ2) is 12.4. The SMILES string of the molecule is COc1cc(/C=C2\SC(=S)N(NC(=O)c3ccccc3)C2=O)ccc1OCC(=O)Nc1ccc(Br)c(Cl)c1. The molecule has 0 atom stereocenters. The van der Waals surface area contributed by atoms with Crippen LogP contribution in [0.2, 0.25) is 5.02 Å². The number of benzene rings is 3. The zero-order valence-corrected chi connectivity index (χ0v) is 23.7. The third kappa shape index (κ3) is 6.73. The molecule has 2 N–H and O–H groups in total. The molecule has 3 aromatic rings. The number of anilines is 1. The number of methoxy groups -OCH3 is 1. The molecule has 1 heterocycles. The molecule has 0 bridgehead atoms. The molecule has 1 saturated heterocycles. The quantitative estimate of drug-likeness (QED) is 0.244. The Bertz CT molecular complexity index is 1450. The van der Waals surface area contributed by atoms with E-state index >= 15 is 0 Å². The van der Waals surface area contributed by atoms with Crippen LogP contribution in [0.4, 0.5) is 5.69 Å². The monoisotopic (exact) mass is 631 g/mol. The largest absolute Gasteiger partial charge is 0.493 e. The lowest BCUT2D eigenvalue weighted by atomic mass is 10.2. The van der Waals surface area contributed by atoms with Gasteiger partial charge in [-0.3, -0.25) is 19.8 Å². The molecule has 0 saturated carbocycles. The van der Waals surface area contributed by atoms with Gasteiger partial charge < -0.3 is 14.8 Å². The summed E-state index contributed by atoms with van der Waals surface area (Å²) in [6.45, 7) is -0.261. The first-order valence-corrected chi connectivity index (χ1v) is 13.3. The molecule has 4 rings (SSSR count). The number of thioether (sulfide) groups is 1. The minimum absolute atomic E-state index is 0.204. The number of ether oxygens (including phenoxy) is 2. The topological polar surface area (TPSA) is 97.0 Å². The van der Waals surface area contributed by atoms with E-state index in [9.17, 15) is 14.4 Å². The Kier molecular flexibility index (Phi) is 9.05. The van der Waals surface area contributed by atoms with Crippen LogP contribution in [-0.4, -0.2) is 40.8 Å². The van der Waals surface area contributed by atoms with Gasteiger partial charge in [-0.1, -0.05) is 47.6 Å². The summed E-state index contributed by atoms with van der Waals surface area (Å²) in [6, 6.07) is 18.6. The molecule has 8 nitrogen and oxygen atoms in total. The smallest absolute Gasteiger partial charge is 0.285 e. The van der Waals surface area contributed by atoms with Crippen LogP contribution < -0.4 is 20.2 Å². The van der Waals surface area contributed by atoms with Gasteiger partial charge in [-0.15, -0.1) is 0 Å². The van der Waals surface area contributed by atoms with Crippen LogP contribution in [-0.2, 0) is 9.59 Å². The Morgan fingerprint density at radius 2 is 1.87 bits per heavy atom. The second-order valence-electron chi connectivity index (χ2n) is 7.70. The second-order valence-corrected chi connectivity index (χ2v) is 10.6. The van der Waals surface area contributed by atoms with Crippen molar-refractivity contribution < 1.29 is 23.9 Å². The van der Waals surface area contributed by atoms with Crippen molar-refractivity contribution in [2.75, 3.05) is 19.0 Å². The van der Waals surface area contributed by atoms with E-state index in [1.165, 1.54) is 7.11 Å². The van der Waals surface area contributed by atoms with Crippen LogP contribution in [0.25, 0.3) is 6.08 Å². The molecule has 1 fully saturated rings. The minimum Gasteiger partial charge on any atom is -0.493 e. The van der Waals surface area contributed by atoms with Gasteiger partial charge in [0.1, 0.15) is 0 Å². The first-order chi connectivity index (χ1) is 18.2. The van der Waals surface area contributed by atoms with Crippen LogP contribution >= 0.6 is 51.5 Å². The van der Waals surface area contributed by atoms with Gasteiger partial charge in [0.05, 0.1) is 17.0 Å². The molecule has 1 aliphatic rings. The minimum atomic E-state index is -0.451. The van der Waals surface area contributed by atoms with Gasteiger partial charge in [0.15, 0.2) is 22.4 Å². The summed E-state index contributed by atoms with van der Waals surface area (Å²) in [5.41, 5.74) is 4.12. The zero-order chi connectivity index (χ0) is 27.2. The Balaban J connectivity index is 1.40. The summed E-state index contributed by atoms with van der Waals surface area (Å²) >= 11 is 15.7. The van der Waals surface area contributed by atoms with E-state index in [0.717, 1.165) is 21.2 Å². The van der Waals surface area contributed by atoms with E-state index in [4.69, 9.17) is 33.3 Å². The van der Waals surface area contributed by atoms with E-state index in [-0.39, 0.29) is 16.8 Å². The van der Waals surface area contributed by atoms with E-state index < -0.39 is 11.8 Å². The Morgan fingerprint density at radius 1 is 1.11 bits per heavy atom. The maximum atomic E-state index is 12.9. The Hall–Kier alpha value is -3.38. The van der Waals surface area contributed by atoms with Gasteiger partial charge in [0.2, 0.25) is 0 Å². The van der Waals surface area contributed by atoms with Crippen molar-refractivity contribution in [1.29, 1.82) is 0 Å². The van der Waals surface area contributed by atoms with Crippen LogP contribution in [0.15, 0.2) is 76.1 Å². The summed E-state index contributed by atoms with van der Waals surface area (Å²) in [5, 5.41) is 4.23. The number of rotatable bonds is 8. The van der Waals surface area contributed by atoms with Crippen molar-refractivity contribution >= 4 is 85.3 Å². The van der Waals surface area contributed by atoms with Crippen molar-refractivity contribution in [3.05, 3.63) is 92.3 Å². The number of hydrogen-bond acceptors (Lipinski definition) is 7. The number of amides is 3. The highest BCUT2D eigenvalue weighted by Crippen LogP contribution is 2.34. The van der Waals surface area contributed by atoms with Crippen LogP contribution in [0.1, 0.15) is 15.9 Å². The molecule has 38 heavy (non-hydrogen) atoms. The summed E-state index contributed by atoms with van der Waals surface area (Å²) in [6.07, 6.45) is 1.63. The number of thiocarbonyl (C=S) groups is 1. The first kappa shape index (κ1) is 27.6. The van der Waals surface area contributed by atoms with Gasteiger partial charge in [-0.25, -0.2) is 0 Å². The van der Waals surface area contributed by atoms with E-state index in [1.807, 2.05) is 0 Å². The highest BCUT2D eigenvalue weighted by molar-refractivity contribution is 9.10. The highest BCUT2D eigenvalue weighted by Gasteiger charge is 2.33. The lowest BCUT2D eigenvalue weighted by Gasteiger charge is -2.15.